The normalized spacial score (nSPS) is 24.1. The third-order valence-corrected chi connectivity index (χ3v) is 6.32. The summed E-state index contributed by atoms with van der Waals surface area (Å²) < 4.78 is 6.44. The molecule has 2 aliphatic rings. The predicted molar refractivity (Wildman–Crippen MR) is 85.9 cm³/mol. The average Bonchev–Trinajstić information content (AvgIpc) is 3.10. The summed E-state index contributed by atoms with van der Waals surface area (Å²) in [6.07, 6.45) is 6.92. The molecule has 0 amide bonds. The Kier molecular flexibility index (Phi) is 3.61. The van der Waals surface area contributed by atoms with Gasteiger partial charge in [0.25, 0.3) is 0 Å². The van der Waals surface area contributed by atoms with Crippen LogP contribution in [-0.2, 0) is 6.54 Å². The maximum Gasteiger partial charge on any atom is 0.138 e. The standard InChI is InChI=1S/C15H17N3OS2/c1-2-12(7-16-3-1)19-13-6-15(21-9-13)10-18(11-15)8-14-17-4-5-20-14/h1-5,7,13H,6,8-11H2/t13-/m1/s1. The highest BCUT2D eigenvalue weighted by atomic mass is 32.2. The van der Waals surface area contributed by atoms with Crippen LogP contribution in [0.25, 0.3) is 0 Å². The third kappa shape index (κ3) is 2.93. The second-order valence-electron chi connectivity index (χ2n) is 5.70. The lowest BCUT2D eigenvalue weighted by Gasteiger charge is -2.47. The van der Waals surface area contributed by atoms with Crippen molar-refractivity contribution in [1.29, 1.82) is 0 Å². The van der Waals surface area contributed by atoms with E-state index in [1.165, 1.54) is 5.01 Å². The van der Waals surface area contributed by atoms with Crippen molar-refractivity contribution >= 4 is 23.1 Å². The van der Waals surface area contributed by atoms with Crippen LogP contribution >= 0.6 is 23.1 Å². The van der Waals surface area contributed by atoms with Crippen molar-refractivity contribution in [2.24, 2.45) is 0 Å². The molecule has 2 saturated heterocycles. The lowest BCUT2D eigenvalue weighted by atomic mass is 9.93. The van der Waals surface area contributed by atoms with E-state index in [1.54, 1.807) is 23.7 Å². The van der Waals surface area contributed by atoms with E-state index < -0.39 is 0 Å². The number of hydrogen-bond acceptors (Lipinski definition) is 6. The predicted octanol–water partition coefficient (Wildman–Crippen LogP) is 2.68. The van der Waals surface area contributed by atoms with Gasteiger partial charge in [-0.15, -0.1) is 23.1 Å². The van der Waals surface area contributed by atoms with E-state index in [0.717, 1.165) is 37.6 Å². The molecule has 2 aromatic rings. The van der Waals surface area contributed by atoms with Crippen LogP contribution in [0.2, 0.25) is 0 Å². The van der Waals surface area contributed by atoms with E-state index in [4.69, 9.17) is 4.74 Å². The van der Waals surface area contributed by atoms with Crippen LogP contribution in [-0.4, -0.2) is 44.6 Å². The maximum atomic E-state index is 6.04. The molecule has 4 heterocycles. The van der Waals surface area contributed by atoms with Crippen molar-refractivity contribution in [1.82, 2.24) is 14.9 Å². The van der Waals surface area contributed by atoms with Gasteiger partial charge in [0.15, 0.2) is 0 Å². The summed E-state index contributed by atoms with van der Waals surface area (Å²) in [6.45, 7) is 3.31. The Morgan fingerprint density at radius 1 is 1.38 bits per heavy atom. The van der Waals surface area contributed by atoms with Gasteiger partial charge in [0.1, 0.15) is 16.9 Å². The first kappa shape index (κ1) is 13.5. The second-order valence-corrected chi connectivity index (χ2v) is 8.16. The van der Waals surface area contributed by atoms with Crippen LogP contribution in [0, 0.1) is 0 Å². The summed E-state index contributed by atoms with van der Waals surface area (Å²) >= 11 is 3.81. The molecule has 0 saturated carbocycles. The van der Waals surface area contributed by atoms with Crippen molar-refractivity contribution in [2.45, 2.75) is 23.8 Å². The zero-order valence-electron chi connectivity index (χ0n) is 11.6. The zero-order chi connectivity index (χ0) is 14.1. The summed E-state index contributed by atoms with van der Waals surface area (Å²) in [4.78, 5) is 11.0. The Balaban J connectivity index is 1.29. The van der Waals surface area contributed by atoms with Crippen LogP contribution in [0.15, 0.2) is 36.1 Å². The van der Waals surface area contributed by atoms with Gasteiger partial charge in [-0.25, -0.2) is 4.98 Å². The molecule has 21 heavy (non-hydrogen) atoms. The monoisotopic (exact) mass is 319 g/mol. The van der Waals surface area contributed by atoms with Crippen molar-refractivity contribution < 1.29 is 4.74 Å². The fraction of sp³-hybridized carbons (Fsp3) is 0.467. The van der Waals surface area contributed by atoms with Gasteiger partial charge in [0, 0.05) is 47.8 Å². The van der Waals surface area contributed by atoms with E-state index in [1.807, 2.05) is 23.7 Å². The van der Waals surface area contributed by atoms with E-state index in [2.05, 4.69) is 26.6 Å². The quantitative estimate of drug-likeness (QED) is 0.866. The van der Waals surface area contributed by atoms with Crippen LogP contribution < -0.4 is 4.74 Å². The summed E-state index contributed by atoms with van der Waals surface area (Å²) in [5.74, 6) is 1.97. The highest BCUT2D eigenvalue weighted by Crippen LogP contribution is 2.46. The van der Waals surface area contributed by atoms with E-state index in [0.29, 0.717) is 10.9 Å². The van der Waals surface area contributed by atoms with Crippen molar-refractivity contribution in [3.8, 4) is 5.75 Å². The largest absolute Gasteiger partial charge is 0.488 e. The molecule has 110 valence electrons. The molecule has 0 N–H and O–H groups in total. The van der Waals surface area contributed by atoms with Gasteiger partial charge in [-0.1, -0.05) is 0 Å². The number of rotatable bonds is 4. The second kappa shape index (κ2) is 5.59. The first-order valence-electron chi connectivity index (χ1n) is 7.13. The molecule has 1 spiro atoms. The number of aromatic nitrogens is 2. The number of thioether (sulfide) groups is 1. The van der Waals surface area contributed by atoms with Gasteiger partial charge >= 0.3 is 0 Å². The van der Waals surface area contributed by atoms with Crippen LogP contribution in [0.5, 0.6) is 5.75 Å². The lowest BCUT2D eigenvalue weighted by molar-refractivity contribution is 0.0919. The minimum atomic E-state index is 0.321. The fourth-order valence-corrected chi connectivity index (χ4v) is 5.35. The van der Waals surface area contributed by atoms with Gasteiger partial charge in [0.05, 0.1) is 12.7 Å². The zero-order valence-corrected chi connectivity index (χ0v) is 13.3. The molecule has 6 heteroatoms. The highest BCUT2D eigenvalue weighted by molar-refractivity contribution is 8.01. The molecule has 2 aromatic heterocycles. The summed E-state index contributed by atoms with van der Waals surface area (Å²) in [6, 6.07) is 3.91. The molecule has 4 nitrogen and oxygen atoms in total. The molecular formula is C15H17N3OS2. The molecule has 0 aliphatic carbocycles. The van der Waals surface area contributed by atoms with Crippen molar-refractivity contribution in [3.05, 3.63) is 41.1 Å². The number of nitrogens with zero attached hydrogens (tertiary/aromatic N) is 3. The number of likely N-dealkylation sites (tertiary alicyclic amines) is 1. The molecular weight excluding hydrogens is 302 g/mol. The van der Waals surface area contributed by atoms with Gasteiger partial charge in [-0.2, -0.15) is 0 Å². The fourth-order valence-electron chi connectivity index (χ4n) is 3.11. The number of hydrogen-bond donors (Lipinski definition) is 0. The Hall–Kier alpha value is -1.11. The molecule has 2 fully saturated rings. The summed E-state index contributed by atoms with van der Waals surface area (Å²) in [5, 5.41) is 3.27. The Labute approximate surface area is 132 Å². The van der Waals surface area contributed by atoms with Gasteiger partial charge in [0.2, 0.25) is 0 Å². The third-order valence-electron chi connectivity index (χ3n) is 3.98. The summed E-state index contributed by atoms with van der Waals surface area (Å²) in [7, 11) is 0. The van der Waals surface area contributed by atoms with E-state index in [-0.39, 0.29) is 0 Å². The minimum Gasteiger partial charge on any atom is -0.488 e. The molecule has 0 radical (unpaired) electrons. The Bertz CT molecular complexity index is 584. The highest BCUT2D eigenvalue weighted by Gasteiger charge is 2.49. The van der Waals surface area contributed by atoms with Crippen molar-refractivity contribution in [3.63, 3.8) is 0 Å². The van der Waals surface area contributed by atoms with Crippen LogP contribution in [0.4, 0.5) is 0 Å². The molecule has 4 rings (SSSR count). The Morgan fingerprint density at radius 3 is 3.10 bits per heavy atom. The minimum absolute atomic E-state index is 0.321. The Morgan fingerprint density at radius 2 is 2.33 bits per heavy atom. The molecule has 1 atom stereocenters. The number of ether oxygens (including phenoxy) is 1. The smallest absolute Gasteiger partial charge is 0.138 e. The van der Waals surface area contributed by atoms with E-state index >= 15 is 0 Å². The van der Waals surface area contributed by atoms with Gasteiger partial charge in [-0.3, -0.25) is 9.88 Å². The van der Waals surface area contributed by atoms with Gasteiger partial charge < -0.3 is 4.74 Å². The molecule has 0 aromatic carbocycles. The van der Waals surface area contributed by atoms with E-state index in [9.17, 15) is 0 Å². The molecule has 0 bridgehead atoms. The SMILES string of the molecule is c1cncc(O[C@H]2CSC3(C2)CN(Cc2nccs2)C3)c1. The van der Waals surface area contributed by atoms with Crippen molar-refractivity contribution in [2.75, 3.05) is 18.8 Å². The lowest BCUT2D eigenvalue weighted by Crippen LogP contribution is -2.58. The average molecular weight is 319 g/mol. The van der Waals surface area contributed by atoms with Crippen LogP contribution in [0.1, 0.15) is 11.4 Å². The first-order chi connectivity index (χ1) is 10.3. The molecule has 0 unspecified atom stereocenters. The number of thiazole rings is 1. The summed E-state index contributed by atoms with van der Waals surface area (Å²) in [5.41, 5.74) is 0. The number of pyridine rings is 1. The maximum absolute atomic E-state index is 6.04. The molecule has 2 aliphatic heterocycles. The van der Waals surface area contributed by atoms with Crippen LogP contribution in [0.3, 0.4) is 0 Å². The first-order valence-corrected chi connectivity index (χ1v) is 8.99. The topological polar surface area (TPSA) is 38.2 Å². The van der Waals surface area contributed by atoms with Gasteiger partial charge in [-0.05, 0) is 12.1 Å².